The molecular weight excluding hydrogens is 228 g/mol. The third-order valence-corrected chi connectivity index (χ3v) is 2.75. The third kappa shape index (κ3) is 6.09. The van der Waals surface area contributed by atoms with E-state index in [-0.39, 0.29) is 6.42 Å². The largest absolute Gasteiger partial charge is 0.481 e. The summed E-state index contributed by atoms with van der Waals surface area (Å²) in [5.41, 5.74) is 0.761. The molecule has 0 atom stereocenters. The first-order valence-corrected chi connectivity index (χ1v) is 6.39. The summed E-state index contributed by atoms with van der Waals surface area (Å²) < 4.78 is 1.82. The number of carbonyl (C=O) groups is 1. The second-order valence-electron chi connectivity index (χ2n) is 4.40. The molecule has 0 spiro atoms. The van der Waals surface area contributed by atoms with Crippen molar-refractivity contribution in [2.75, 3.05) is 0 Å². The normalized spacial score (nSPS) is 10.2. The van der Waals surface area contributed by atoms with Crippen LogP contribution in [-0.2, 0) is 17.8 Å². The van der Waals surface area contributed by atoms with E-state index in [1.165, 1.54) is 19.3 Å². The van der Waals surface area contributed by atoms with Crippen molar-refractivity contribution in [3.63, 3.8) is 0 Å². The minimum Gasteiger partial charge on any atom is -0.481 e. The average molecular weight is 248 g/mol. The van der Waals surface area contributed by atoms with Gasteiger partial charge in [0.1, 0.15) is 0 Å². The van der Waals surface area contributed by atoms with E-state index in [1.807, 2.05) is 10.9 Å². The first kappa shape index (κ1) is 14.3. The lowest BCUT2D eigenvalue weighted by molar-refractivity contribution is -0.136. The molecule has 98 valence electrons. The van der Waals surface area contributed by atoms with Crippen LogP contribution in [0.1, 0.15) is 44.1 Å². The van der Waals surface area contributed by atoms with Gasteiger partial charge in [0.05, 0.1) is 12.6 Å². The fraction of sp³-hybridized carbons (Fsp3) is 0.571. The van der Waals surface area contributed by atoms with Crippen LogP contribution in [0.25, 0.3) is 0 Å². The van der Waals surface area contributed by atoms with E-state index in [4.69, 9.17) is 11.5 Å². The van der Waals surface area contributed by atoms with Crippen molar-refractivity contribution in [3.8, 4) is 12.3 Å². The Morgan fingerprint density at radius 1 is 1.33 bits per heavy atom. The van der Waals surface area contributed by atoms with Crippen LogP contribution >= 0.6 is 0 Å². The minimum absolute atomic E-state index is 0.0477. The minimum atomic E-state index is -0.817. The predicted octanol–water partition coefficient (Wildman–Crippen LogP) is 2.48. The number of aliphatic carboxylic acids is 1. The van der Waals surface area contributed by atoms with Crippen LogP contribution in [-0.4, -0.2) is 20.9 Å². The van der Waals surface area contributed by atoms with Gasteiger partial charge < -0.3 is 5.11 Å². The molecule has 0 bridgehead atoms. The molecule has 18 heavy (non-hydrogen) atoms. The first-order valence-electron chi connectivity index (χ1n) is 6.39. The molecule has 0 saturated heterocycles. The van der Waals surface area contributed by atoms with Gasteiger partial charge >= 0.3 is 5.97 Å². The van der Waals surface area contributed by atoms with E-state index in [1.54, 1.807) is 6.20 Å². The van der Waals surface area contributed by atoms with Crippen LogP contribution < -0.4 is 0 Å². The van der Waals surface area contributed by atoms with Gasteiger partial charge in [-0.15, -0.1) is 12.3 Å². The van der Waals surface area contributed by atoms with Gasteiger partial charge in [-0.05, 0) is 12.8 Å². The molecule has 0 aliphatic carbocycles. The van der Waals surface area contributed by atoms with Gasteiger partial charge in [0.2, 0.25) is 0 Å². The topological polar surface area (TPSA) is 55.1 Å². The zero-order valence-corrected chi connectivity index (χ0v) is 10.6. The third-order valence-electron chi connectivity index (χ3n) is 2.75. The van der Waals surface area contributed by atoms with Gasteiger partial charge in [-0.25, -0.2) is 0 Å². The Balaban J connectivity index is 2.10. The summed E-state index contributed by atoms with van der Waals surface area (Å²) in [5.74, 6) is 1.82. The van der Waals surface area contributed by atoms with Crippen LogP contribution in [0.5, 0.6) is 0 Å². The van der Waals surface area contributed by atoms with Gasteiger partial charge in [0.25, 0.3) is 0 Å². The summed E-state index contributed by atoms with van der Waals surface area (Å²) in [4.78, 5) is 10.5. The highest BCUT2D eigenvalue weighted by atomic mass is 16.4. The molecule has 1 aromatic heterocycles. The van der Waals surface area contributed by atoms with Gasteiger partial charge in [0.15, 0.2) is 0 Å². The van der Waals surface area contributed by atoms with Crippen LogP contribution in [0, 0.1) is 12.3 Å². The van der Waals surface area contributed by atoms with Gasteiger partial charge in [-0.1, -0.05) is 19.3 Å². The second kappa shape index (κ2) is 8.35. The molecule has 1 aromatic rings. The van der Waals surface area contributed by atoms with Crippen molar-refractivity contribution in [1.82, 2.24) is 9.78 Å². The number of carboxylic acids is 1. The highest BCUT2D eigenvalue weighted by Gasteiger charge is 2.03. The number of terminal acetylenes is 1. The Kier molecular flexibility index (Phi) is 6.63. The Morgan fingerprint density at radius 2 is 2.06 bits per heavy atom. The van der Waals surface area contributed by atoms with Crippen molar-refractivity contribution in [3.05, 3.63) is 18.0 Å². The quantitative estimate of drug-likeness (QED) is 0.539. The van der Waals surface area contributed by atoms with Crippen LogP contribution in [0.4, 0.5) is 0 Å². The zero-order chi connectivity index (χ0) is 13.2. The molecule has 0 radical (unpaired) electrons. The van der Waals surface area contributed by atoms with Crippen molar-refractivity contribution < 1.29 is 9.90 Å². The molecule has 0 aromatic carbocycles. The molecule has 1 rings (SSSR count). The van der Waals surface area contributed by atoms with Gasteiger partial charge in [-0.3, -0.25) is 9.48 Å². The fourth-order valence-corrected chi connectivity index (χ4v) is 1.83. The number of rotatable bonds is 9. The Hall–Kier alpha value is -1.76. The molecule has 1 N–H and O–H groups in total. The van der Waals surface area contributed by atoms with E-state index < -0.39 is 5.97 Å². The Bertz CT molecular complexity index is 404. The molecule has 0 amide bonds. The monoisotopic (exact) mass is 248 g/mol. The zero-order valence-electron chi connectivity index (χ0n) is 10.6. The summed E-state index contributed by atoms with van der Waals surface area (Å²) in [6.07, 6.45) is 15.3. The maximum Gasteiger partial charge on any atom is 0.307 e. The van der Waals surface area contributed by atoms with E-state index in [0.29, 0.717) is 0 Å². The molecule has 0 unspecified atom stereocenters. The van der Waals surface area contributed by atoms with Crippen molar-refractivity contribution in [2.24, 2.45) is 0 Å². The number of unbranched alkanes of at least 4 members (excludes halogenated alkanes) is 5. The fourth-order valence-electron chi connectivity index (χ4n) is 1.83. The molecule has 4 nitrogen and oxygen atoms in total. The van der Waals surface area contributed by atoms with E-state index >= 15 is 0 Å². The van der Waals surface area contributed by atoms with E-state index in [9.17, 15) is 4.79 Å². The summed E-state index contributed by atoms with van der Waals surface area (Å²) >= 11 is 0. The molecule has 4 heteroatoms. The molecule has 1 heterocycles. The number of nitrogens with zero attached hydrogens (tertiary/aromatic N) is 2. The summed E-state index contributed by atoms with van der Waals surface area (Å²) in [6.45, 7) is 0.856. The number of aryl methyl sites for hydroxylation is 1. The first-order chi connectivity index (χ1) is 8.72. The van der Waals surface area contributed by atoms with E-state index in [2.05, 4.69) is 11.0 Å². The highest BCUT2D eigenvalue weighted by Crippen LogP contribution is 2.07. The summed E-state index contributed by atoms with van der Waals surface area (Å²) in [7, 11) is 0. The van der Waals surface area contributed by atoms with Gasteiger partial charge in [-0.2, -0.15) is 5.10 Å². The van der Waals surface area contributed by atoms with Crippen LogP contribution in [0.2, 0.25) is 0 Å². The Labute approximate surface area is 108 Å². The average Bonchev–Trinajstić information content (AvgIpc) is 2.75. The van der Waals surface area contributed by atoms with Crippen LogP contribution in [0.3, 0.4) is 0 Å². The second-order valence-corrected chi connectivity index (χ2v) is 4.40. The number of hydrogen-bond acceptors (Lipinski definition) is 2. The predicted molar refractivity (Wildman–Crippen MR) is 70.1 cm³/mol. The SMILES string of the molecule is C#CCCCCCCCn1cc(CC(=O)O)cn1. The molecule has 0 aliphatic rings. The lowest BCUT2D eigenvalue weighted by Gasteiger charge is -2.01. The van der Waals surface area contributed by atoms with Crippen molar-refractivity contribution >= 4 is 5.97 Å². The van der Waals surface area contributed by atoms with E-state index in [0.717, 1.165) is 31.4 Å². The summed E-state index contributed by atoms with van der Waals surface area (Å²) in [5, 5.41) is 12.8. The van der Waals surface area contributed by atoms with Crippen molar-refractivity contribution in [1.29, 1.82) is 0 Å². The maximum atomic E-state index is 10.5. The van der Waals surface area contributed by atoms with Gasteiger partial charge in [0, 0.05) is 24.7 Å². The standard InChI is InChI=1S/C14H20N2O2/c1-2-3-4-5-6-7-8-9-16-12-13(11-15-16)10-14(17)18/h1,11-12H,3-10H2,(H,17,18). The number of hydrogen-bond donors (Lipinski definition) is 1. The molecule has 0 fully saturated rings. The summed E-state index contributed by atoms with van der Waals surface area (Å²) in [6, 6.07) is 0. The number of carboxylic acid groups (broad SMARTS) is 1. The molecule has 0 saturated carbocycles. The molecule has 0 aliphatic heterocycles. The van der Waals surface area contributed by atoms with Crippen molar-refractivity contribution in [2.45, 2.75) is 51.5 Å². The molecular formula is C14H20N2O2. The highest BCUT2D eigenvalue weighted by molar-refractivity contribution is 5.69. The maximum absolute atomic E-state index is 10.5. The Morgan fingerprint density at radius 3 is 2.78 bits per heavy atom. The number of aromatic nitrogens is 2. The smallest absolute Gasteiger partial charge is 0.307 e. The lowest BCUT2D eigenvalue weighted by atomic mass is 10.1. The van der Waals surface area contributed by atoms with Crippen LogP contribution in [0.15, 0.2) is 12.4 Å². The lowest BCUT2D eigenvalue weighted by Crippen LogP contribution is -2.00.